The normalized spacial score (nSPS) is 11.4. The van der Waals surface area contributed by atoms with E-state index in [9.17, 15) is 9.50 Å². The van der Waals surface area contributed by atoms with Gasteiger partial charge in [-0.2, -0.15) is 0 Å². The van der Waals surface area contributed by atoms with Crippen molar-refractivity contribution in [3.63, 3.8) is 0 Å². The Morgan fingerprint density at radius 1 is 1.53 bits per heavy atom. The lowest BCUT2D eigenvalue weighted by Gasteiger charge is -2.20. The minimum Gasteiger partial charge on any atom is -0.389 e. The highest BCUT2D eigenvalue weighted by Gasteiger charge is 2.15. The lowest BCUT2D eigenvalue weighted by Crippen LogP contribution is -2.29. The first-order valence-electron chi connectivity index (χ1n) is 5.21. The summed E-state index contributed by atoms with van der Waals surface area (Å²) in [6.45, 7) is 5.24. The first-order valence-corrected chi connectivity index (χ1v) is 6.01. The fourth-order valence-corrected chi connectivity index (χ4v) is 1.65. The van der Waals surface area contributed by atoms with Crippen LogP contribution in [0.5, 0.6) is 0 Å². The molecule has 0 spiro atoms. The minimum atomic E-state index is -0.896. The Hall–Kier alpha value is -0.940. The van der Waals surface area contributed by atoms with Crippen molar-refractivity contribution in [2.75, 3.05) is 11.9 Å². The molecule has 0 aliphatic carbocycles. The lowest BCUT2D eigenvalue weighted by molar-refractivity contribution is 0.0945. The third kappa shape index (κ3) is 4.09. The van der Waals surface area contributed by atoms with Crippen LogP contribution in [0.15, 0.2) is 12.1 Å². The Morgan fingerprint density at radius 2 is 2.12 bits per heavy atom. The summed E-state index contributed by atoms with van der Waals surface area (Å²) in [5.41, 5.74) is 0.663. The van der Waals surface area contributed by atoms with Crippen molar-refractivity contribution >= 4 is 26.2 Å². The molecule has 3 N–H and O–H groups in total. The maximum absolute atomic E-state index is 13.5. The van der Waals surface area contributed by atoms with Crippen molar-refractivity contribution in [2.45, 2.75) is 26.4 Å². The molecule has 0 amide bonds. The van der Waals surface area contributed by atoms with Crippen LogP contribution in [-0.2, 0) is 0 Å². The lowest BCUT2D eigenvalue weighted by atomic mass is 10.1. The number of aliphatic hydroxyl groups is 1. The van der Waals surface area contributed by atoms with Gasteiger partial charge in [-0.25, -0.2) is 4.39 Å². The molecular formula is C12H16BrFN2O. The summed E-state index contributed by atoms with van der Waals surface area (Å²) in [5.74, 6) is -0.333. The molecule has 1 rings (SSSR count). The van der Waals surface area contributed by atoms with Gasteiger partial charge in [0.05, 0.1) is 5.60 Å². The summed E-state index contributed by atoms with van der Waals surface area (Å²) < 4.78 is 13.6. The van der Waals surface area contributed by atoms with E-state index < -0.39 is 5.60 Å². The zero-order valence-electron chi connectivity index (χ0n) is 10.1. The van der Waals surface area contributed by atoms with Crippen LogP contribution in [0.3, 0.4) is 0 Å². The summed E-state index contributed by atoms with van der Waals surface area (Å²) in [6, 6.07) is 2.94. The van der Waals surface area contributed by atoms with Crippen LogP contribution in [0.25, 0.3) is 0 Å². The summed E-state index contributed by atoms with van der Waals surface area (Å²) >= 11 is 3.07. The van der Waals surface area contributed by atoms with E-state index in [4.69, 9.17) is 5.41 Å². The summed E-state index contributed by atoms with van der Waals surface area (Å²) in [7, 11) is 0. The Bertz CT molecular complexity index is 441. The minimum absolute atomic E-state index is 0.179. The Kier molecular flexibility index (Phi) is 4.27. The van der Waals surface area contributed by atoms with Gasteiger partial charge in [-0.05, 0) is 54.4 Å². The number of halogens is 2. The average molecular weight is 303 g/mol. The number of nitrogens with one attached hydrogen (secondary N) is 2. The zero-order chi connectivity index (χ0) is 13.2. The van der Waals surface area contributed by atoms with Crippen LogP contribution in [-0.4, -0.2) is 21.9 Å². The molecule has 17 heavy (non-hydrogen) atoms. The van der Waals surface area contributed by atoms with Gasteiger partial charge in [-0.1, -0.05) is 0 Å². The second-order valence-electron chi connectivity index (χ2n) is 4.63. The van der Waals surface area contributed by atoms with Crippen molar-refractivity contribution in [1.29, 1.82) is 5.41 Å². The van der Waals surface area contributed by atoms with Gasteiger partial charge < -0.3 is 10.4 Å². The van der Waals surface area contributed by atoms with Gasteiger partial charge in [0.15, 0.2) is 0 Å². The van der Waals surface area contributed by atoms with Gasteiger partial charge in [-0.15, -0.1) is 0 Å². The predicted octanol–water partition coefficient (Wildman–Crippen LogP) is 3.04. The highest BCUT2D eigenvalue weighted by Crippen LogP contribution is 2.23. The van der Waals surface area contributed by atoms with Crippen LogP contribution in [0.1, 0.15) is 25.0 Å². The third-order valence-electron chi connectivity index (χ3n) is 2.25. The number of hydrogen-bond acceptors (Lipinski definition) is 3. The van der Waals surface area contributed by atoms with Crippen molar-refractivity contribution in [3.8, 4) is 0 Å². The van der Waals surface area contributed by atoms with E-state index in [2.05, 4.69) is 21.2 Å². The molecule has 0 heterocycles. The van der Waals surface area contributed by atoms with Crippen LogP contribution >= 0.6 is 15.9 Å². The summed E-state index contributed by atoms with van der Waals surface area (Å²) in [4.78, 5) is 0. The van der Waals surface area contributed by atoms with Gasteiger partial charge in [-0.3, -0.25) is 5.41 Å². The topological polar surface area (TPSA) is 56.1 Å². The molecule has 1 aromatic rings. The van der Waals surface area contributed by atoms with Gasteiger partial charge >= 0.3 is 0 Å². The van der Waals surface area contributed by atoms with Crippen LogP contribution in [0, 0.1) is 18.2 Å². The molecule has 5 heteroatoms. The number of rotatable bonds is 4. The number of hydrogen-bond donors (Lipinski definition) is 3. The smallest absolute Gasteiger partial charge is 0.128 e. The molecule has 0 saturated carbocycles. The third-order valence-corrected chi connectivity index (χ3v) is 2.67. The quantitative estimate of drug-likeness (QED) is 0.749. The molecule has 0 aliphatic rings. The Morgan fingerprint density at radius 3 is 2.59 bits per heavy atom. The van der Waals surface area contributed by atoms with Gasteiger partial charge in [0, 0.05) is 17.8 Å². The Labute approximate surface area is 109 Å². The van der Waals surface area contributed by atoms with E-state index in [0.29, 0.717) is 16.8 Å². The molecule has 0 unspecified atom stereocenters. The number of benzene rings is 1. The highest BCUT2D eigenvalue weighted by atomic mass is 79.9. The van der Waals surface area contributed by atoms with Crippen LogP contribution in [0.4, 0.5) is 10.1 Å². The standard InChI is InChI=1S/C12H16BrFN2O/c1-7-4-8(11(13)15)10(5-9(7)14)16-6-12(2,3)17/h4-5,15-17H,6H2,1-3H3. The van der Waals surface area contributed by atoms with E-state index in [1.165, 1.54) is 6.07 Å². The first-order chi connectivity index (χ1) is 7.70. The second kappa shape index (κ2) is 5.14. The SMILES string of the molecule is Cc1cc(C(=N)Br)c(NCC(C)(C)O)cc1F. The van der Waals surface area contributed by atoms with Crippen molar-refractivity contribution in [2.24, 2.45) is 0 Å². The molecule has 1 aromatic carbocycles. The maximum Gasteiger partial charge on any atom is 0.128 e. The van der Waals surface area contributed by atoms with Crippen molar-refractivity contribution in [3.05, 3.63) is 29.1 Å². The molecule has 0 fully saturated rings. The predicted molar refractivity (Wildman–Crippen MR) is 71.7 cm³/mol. The van der Waals surface area contributed by atoms with E-state index in [1.807, 2.05) is 0 Å². The number of aryl methyl sites for hydroxylation is 1. The van der Waals surface area contributed by atoms with E-state index in [1.54, 1.807) is 26.8 Å². The molecule has 0 saturated heterocycles. The van der Waals surface area contributed by atoms with E-state index in [-0.39, 0.29) is 17.0 Å². The fourth-order valence-electron chi connectivity index (χ4n) is 1.32. The second-order valence-corrected chi connectivity index (χ2v) is 5.42. The molecule has 94 valence electrons. The van der Waals surface area contributed by atoms with Gasteiger partial charge in [0.2, 0.25) is 0 Å². The zero-order valence-corrected chi connectivity index (χ0v) is 11.7. The van der Waals surface area contributed by atoms with Gasteiger partial charge in [0.1, 0.15) is 10.4 Å². The molecule has 3 nitrogen and oxygen atoms in total. The largest absolute Gasteiger partial charge is 0.389 e. The maximum atomic E-state index is 13.5. The average Bonchev–Trinajstić information content (AvgIpc) is 2.17. The molecule has 0 aliphatic heterocycles. The molecule has 0 aromatic heterocycles. The molecule has 0 atom stereocenters. The molecular weight excluding hydrogens is 287 g/mol. The van der Waals surface area contributed by atoms with E-state index >= 15 is 0 Å². The van der Waals surface area contributed by atoms with Crippen molar-refractivity contribution in [1.82, 2.24) is 0 Å². The van der Waals surface area contributed by atoms with Crippen LogP contribution in [0.2, 0.25) is 0 Å². The summed E-state index contributed by atoms with van der Waals surface area (Å²) in [6.07, 6.45) is 0. The monoisotopic (exact) mass is 302 g/mol. The molecule has 0 bridgehead atoms. The first kappa shape index (κ1) is 14.1. The highest BCUT2D eigenvalue weighted by molar-refractivity contribution is 9.18. The van der Waals surface area contributed by atoms with Crippen molar-refractivity contribution < 1.29 is 9.50 Å². The van der Waals surface area contributed by atoms with Crippen LogP contribution < -0.4 is 5.32 Å². The fraction of sp³-hybridized carbons (Fsp3) is 0.417. The summed E-state index contributed by atoms with van der Waals surface area (Å²) in [5, 5.41) is 20.1. The Balaban J connectivity index is 3.05. The number of anilines is 1. The van der Waals surface area contributed by atoms with E-state index in [0.717, 1.165) is 0 Å². The molecule has 0 radical (unpaired) electrons. The van der Waals surface area contributed by atoms with Gasteiger partial charge in [0.25, 0.3) is 0 Å².